The Morgan fingerprint density at radius 1 is 1.43 bits per heavy atom. The summed E-state index contributed by atoms with van der Waals surface area (Å²) in [6, 6.07) is 0. The summed E-state index contributed by atoms with van der Waals surface area (Å²) >= 11 is 0. The van der Waals surface area contributed by atoms with Gasteiger partial charge in [0, 0.05) is 26.1 Å². The van der Waals surface area contributed by atoms with Crippen molar-refractivity contribution in [2.45, 2.75) is 46.0 Å². The Balaban J connectivity index is 2.53. The number of unbranched alkanes of at least 4 members (excludes halogenated alkanes) is 1. The topological polar surface area (TPSA) is 15.6 Å². The summed E-state index contributed by atoms with van der Waals surface area (Å²) in [4.78, 5) is 7.03. The van der Waals surface area contributed by atoms with Gasteiger partial charge in [-0.15, -0.1) is 0 Å². The molecule has 1 aliphatic rings. The van der Waals surface area contributed by atoms with Crippen molar-refractivity contribution in [3.8, 4) is 0 Å². The third-order valence-corrected chi connectivity index (χ3v) is 3.08. The van der Waals surface area contributed by atoms with E-state index in [0.717, 1.165) is 6.54 Å². The molecular weight excluding hydrogens is 172 g/mol. The highest BCUT2D eigenvalue weighted by molar-refractivity contribution is 5.84. The highest BCUT2D eigenvalue weighted by Gasteiger charge is 2.19. The van der Waals surface area contributed by atoms with Gasteiger partial charge in [0.25, 0.3) is 0 Å². The molecule has 0 bridgehead atoms. The van der Waals surface area contributed by atoms with Crippen LogP contribution in [0.2, 0.25) is 0 Å². The van der Waals surface area contributed by atoms with Gasteiger partial charge in [-0.2, -0.15) is 0 Å². The summed E-state index contributed by atoms with van der Waals surface area (Å²) in [5, 5.41) is 0. The van der Waals surface area contributed by atoms with Crippen LogP contribution in [0.15, 0.2) is 4.99 Å². The summed E-state index contributed by atoms with van der Waals surface area (Å²) in [5.41, 5.74) is 0. The van der Waals surface area contributed by atoms with Gasteiger partial charge in [-0.1, -0.05) is 26.7 Å². The minimum Gasteiger partial charge on any atom is -0.363 e. The summed E-state index contributed by atoms with van der Waals surface area (Å²) in [6.07, 6.45) is 6.42. The normalized spacial score (nSPS) is 19.4. The first kappa shape index (κ1) is 11.5. The van der Waals surface area contributed by atoms with Gasteiger partial charge in [0.1, 0.15) is 5.84 Å². The molecule has 0 spiro atoms. The third-order valence-electron chi connectivity index (χ3n) is 3.08. The fraction of sp³-hybridized carbons (Fsp3) is 0.917. The van der Waals surface area contributed by atoms with E-state index in [1.54, 1.807) is 0 Å². The zero-order chi connectivity index (χ0) is 10.4. The van der Waals surface area contributed by atoms with Gasteiger partial charge >= 0.3 is 0 Å². The van der Waals surface area contributed by atoms with Crippen molar-refractivity contribution in [3.63, 3.8) is 0 Å². The predicted octanol–water partition coefficient (Wildman–Crippen LogP) is 2.94. The molecule has 0 fully saturated rings. The molecule has 0 N–H and O–H groups in total. The van der Waals surface area contributed by atoms with Crippen LogP contribution in [0.25, 0.3) is 0 Å². The lowest BCUT2D eigenvalue weighted by Crippen LogP contribution is -2.37. The summed E-state index contributed by atoms with van der Waals surface area (Å²) < 4.78 is 0. The molecule has 0 aromatic heterocycles. The molecule has 1 rings (SSSR count). The number of hydrogen-bond acceptors (Lipinski definition) is 2. The lowest BCUT2D eigenvalue weighted by molar-refractivity contribution is 0.413. The SMILES string of the molecule is CCCCC(CC)C1=NCCCN1C. The van der Waals surface area contributed by atoms with Crippen LogP contribution in [0.5, 0.6) is 0 Å². The number of rotatable bonds is 5. The Morgan fingerprint density at radius 2 is 2.21 bits per heavy atom. The highest BCUT2D eigenvalue weighted by Crippen LogP contribution is 2.18. The standard InChI is InChI=1S/C12H24N2/c1-4-6-8-11(5-2)12-13-9-7-10-14(12)3/h11H,4-10H2,1-3H3. The third kappa shape index (κ3) is 3.00. The number of amidine groups is 1. The fourth-order valence-electron chi connectivity index (χ4n) is 2.14. The van der Waals surface area contributed by atoms with Crippen LogP contribution in [0.1, 0.15) is 46.0 Å². The Kier molecular flexibility index (Phi) is 4.99. The molecule has 0 aromatic rings. The number of nitrogens with zero attached hydrogens (tertiary/aromatic N) is 2. The molecule has 0 aliphatic carbocycles. The lowest BCUT2D eigenvalue weighted by atomic mass is 9.96. The van der Waals surface area contributed by atoms with Crippen molar-refractivity contribution in [1.82, 2.24) is 4.90 Å². The van der Waals surface area contributed by atoms with E-state index in [2.05, 4.69) is 30.8 Å². The monoisotopic (exact) mass is 196 g/mol. The van der Waals surface area contributed by atoms with E-state index in [1.165, 1.54) is 44.5 Å². The van der Waals surface area contributed by atoms with Crippen molar-refractivity contribution >= 4 is 5.84 Å². The first-order valence-corrected chi connectivity index (χ1v) is 6.05. The average molecular weight is 196 g/mol. The van der Waals surface area contributed by atoms with Crippen LogP contribution in [0.3, 0.4) is 0 Å². The largest absolute Gasteiger partial charge is 0.363 e. The fourth-order valence-corrected chi connectivity index (χ4v) is 2.14. The van der Waals surface area contributed by atoms with Gasteiger partial charge in [0.15, 0.2) is 0 Å². The van der Waals surface area contributed by atoms with Crippen molar-refractivity contribution in [1.29, 1.82) is 0 Å². The molecule has 0 radical (unpaired) electrons. The molecule has 2 nitrogen and oxygen atoms in total. The molecule has 1 unspecified atom stereocenters. The van der Waals surface area contributed by atoms with Crippen LogP contribution in [-0.2, 0) is 0 Å². The molecule has 82 valence electrons. The zero-order valence-corrected chi connectivity index (χ0v) is 9.92. The van der Waals surface area contributed by atoms with Crippen LogP contribution < -0.4 is 0 Å². The Morgan fingerprint density at radius 3 is 2.79 bits per heavy atom. The predicted molar refractivity (Wildman–Crippen MR) is 62.9 cm³/mol. The molecule has 0 aromatic carbocycles. The maximum absolute atomic E-state index is 4.68. The van der Waals surface area contributed by atoms with Gasteiger partial charge < -0.3 is 4.90 Å². The zero-order valence-electron chi connectivity index (χ0n) is 9.92. The maximum Gasteiger partial charge on any atom is 0.102 e. The second-order valence-corrected chi connectivity index (χ2v) is 4.26. The highest BCUT2D eigenvalue weighted by atomic mass is 15.2. The van der Waals surface area contributed by atoms with E-state index >= 15 is 0 Å². The van der Waals surface area contributed by atoms with E-state index in [1.807, 2.05) is 0 Å². The van der Waals surface area contributed by atoms with Crippen LogP contribution in [0.4, 0.5) is 0 Å². The Bertz CT molecular complexity index is 187. The van der Waals surface area contributed by atoms with E-state index in [9.17, 15) is 0 Å². The first-order chi connectivity index (χ1) is 6.79. The van der Waals surface area contributed by atoms with Crippen LogP contribution >= 0.6 is 0 Å². The quantitative estimate of drug-likeness (QED) is 0.660. The minimum atomic E-state index is 0.709. The molecule has 1 heterocycles. The first-order valence-electron chi connectivity index (χ1n) is 6.05. The molecule has 0 saturated carbocycles. The summed E-state index contributed by atoms with van der Waals surface area (Å²) in [7, 11) is 2.19. The molecule has 2 heteroatoms. The number of aliphatic imine (C=N–C) groups is 1. The Hall–Kier alpha value is -0.530. The molecular formula is C12H24N2. The van der Waals surface area contributed by atoms with Crippen LogP contribution in [-0.4, -0.2) is 30.9 Å². The van der Waals surface area contributed by atoms with Gasteiger partial charge in [-0.3, -0.25) is 4.99 Å². The van der Waals surface area contributed by atoms with Gasteiger partial charge in [0.05, 0.1) is 0 Å². The molecule has 1 atom stereocenters. The van der Waals surface area contributed by atoms with Gasteiger partial charge in [-0.05, 0) is 19.3 Å². The van der Waals surface area contributed by atoms with Crippen LogP contribution in [0, 0.1) is 5.92 Å². The lowest BCUT2D eigenvalue weighted by Gasteiger charge is -2.30. The van der Waals surface area contributed by atoms with Gasteiger partial charge in [0.2, 0.25) is 0 Å². The van der Waals surface area contributed by atoms with Crippen molar-refractivity contribution in [2.24, 2.45) is 10.9 Å². The Labute approximate surface area is 88.4 Å². The van der Waals surface area contributed by atoms with Crippen molar-refractivity contribution < 1.29 is 0 Å². The number of hydrogen-bond donors (Lipinski definition) is 0. The maximum atomic E-state index is 4.68. The van der Waals surface area contributed by atoms with Crippen molar-refractivity contribution in [2.75, 3.05) is 20.1 Å². The van der Waals surface area contributed by atoms with E-state index < -0.39 is 0 Å². The minimum absolute atomic E-state index is 0.709. The van der Waals surface area contributed by atoms with Gasteiger partial charge in [-0.25, -0.2) is 0 Å². The molecule has 0 saturated heterocycles. The second kappa shape index (κ2) is 6.05. The van der Waals surface area contributed by atoms with E-state index in [0.29, 0.717) is 5.92 Å². The smallest absolute Gasteiger partial charge is 0.102 e. The van der Waals surface area contributed by atoms with E-state index in [-0.39, 0.29) is 0 Å². The van der Waals surface area contributed by atoms with E-state index in [4.69, 9.17) is 0 Å². The summed E-state index contributed by atoms with van der Waals surface area (Å²) in [6.45, 7) is 6.79. The van der Waals surface area contributed by atoms with Crippen molar-refractivity contribution in [3.05, 3.63) is 0 Å². The molecule has 14 heavy (non-hydrogen) atoms. The molecule has 0 amide bonds. The molecule has 1 aliphatic heterocycles. The summed E-state index contributed by atoms with van der Waals surface area (Å²) in [5.74, 6) is 2.08. The second-order valence-electron chi connectivity index (χ2n) is 4.26. The average Bonchev–Trinajstić information content (AvgIpc) is 2.21.